The van der Waals surface area contributed by atoms with Crippen LogP contribution in [0, 0.1) is 0 Å². The number of hydrogen-bond donors (Lipinski definition) is 6. The zero-order valence-corrected chi connectivity index (χ0v) is 16.6. The molecule has 11 heteroatoms. The number of aliphatic carboxylic acids is 2. The number of carboxylic acids is 2. The number of nitrogens with two attached hydrogens (primary N) is 1. The SMILES string of the molecule is Nc1nc2c(c(=O)[nH]1)CC(c1ccc(C(=O)N[C@H](CCC(=O)O)C(=O)O)cc1)CCN2. The van der Waals surface area contributed by atoms with E-state index in [0.29, 0.717) is 24.3 Å². The molecular formula is C20H23N5O6. The molecular weight excluding hydrogens is 406 g/mol. The van der Waals surface area contributed by atoms with Gasteiger partial charge in [0, 0.05) is 18.5 Å². The Morgan fingerprint density at radius 3 is 2.58 bits per heavy atom. The first kappa shape index (κ1) is 21.8. The Labute approximate surface area is 176 Å². The van der Waals surface area contributed by atoms with E-state index in [0.717, 1.165) is 12.0 Å². The van der Waals surface area contributed by atoms with Gasteiger partial charge in [-0.1, -0.05) is 12.1 Å². The molecule has 1 aromatic heterocycles. The fraction of sp³-hybridized carbons (Fsp3) is 0.350. The molecule has 11 nitrogen and oxygen atoms in total. The first-order chi connectivity index (χ1) is 14.7. The molecule has 1 amide bonds. The lowest BCUT2D eigenvalue weighted by molar-refractivity contribution is -0.140. The maximum Gasteiger partial charge on any atom is 0.326 e. The third-order valence-corrected chi connectivity index (χ3v) is 5.16. The van der Waals surface area contributed by atoms with Crippen molar-refractivity contribution in [3.63, 3.8) is 0 Å². The average Bonchev–Trinajstić information content (AvgIpc) is 2.93. The molecule has 31 heavy (non-hydrogen) atoms. The Morgan fingerprint density at radius 1 is 1.23 bits per heavy atom. The Hall–Kier alpha value is -3.89. The van der Waals surface area contributed by atoms with Gasteiger partial charge in [0.2, 0.25) is 5.95 Å². The van der Waals surface area contributed by atoms with Gasteiger partial charge in [0.15, 0.2) is 0 Å². The third kappa shape index (κ3) is 5.38. The highest BCUT2D eigenvalue weighted by Gasteiger charge is 2.24. The Balaban J connectivity index is 1.72. The highest BCUT2D eigenvalue weighted by molar-refractivity contribution is 5.96. The van der Waals surface area contributed by atoms with Gasteiger partial charge in [-0.05, 0) is 42.9 Å². The van der Waals surface area contributed by atoms with E-state index < -0.39 is 23.9 Å². The first-order valence-corrected chi connectivity index (χ1v) is 9.72. The van der Waals surface area contributed by atoms with Crippen LogP contribution in [-0.4, -0.2) is 50.6 Å². The number of rotatable bonds is 7. The predicted molar refractivity (Wildman–Crippen MR) is 111 cm³/mol. The third-order valence-electron chi connectivity index (χ3n) is 5.16. The largest absolute Gasteiger partial charge is 0.481 e. The lowest BCUT2D eigenvalue weighted by atomic mass is 9.90. The molecule has 2 heterocycles. The summed E-state index contributed by atoms with van der Waals surface area (Å²) in [5.41, 5.74) is 7.00. The number of fused-ring (bicyclic) bond motifs is 1. The van der Waals surface area contributed by atoms with E-state index in [4.69, 9.17) is 10.8 Å². The Bertz CT molecular complexity index is 1050. The molecule has 0 aliphatic carbocycles. The summed E-state index contributed by atoms with van der Waals surface area (Å²) < 4.78 is 0. The van der Waals surface area contributed by atoms with Crippen molar-refractivity contribution in [1.29, 1.82) is 0 Å². The van der Waals surface area contributed by atoms with Crippen molar-refractivity contribution in [3.05, 3.63) is 51.3 Å². The van der Waals surface area contributed by atoms with Crippen LogP contribution in [0.4, 0.5) is 11.8 Å². The summed E-state index contributed by atoms with van der Waals surface area (Å²) >= 11 is 0. The maximum absolute atomic E-state index is 12.4. The van der Waals surface area contributed by atoms with Crippen LogP contribution in [0.15, 0.2) is 29.1 Å². The molecule has 0 fully saturated rings. The van der Waals surface area contributed by atoms with E-state index in [1.165, 1.54) is 0 Å². The average molecular weight is 429 g/mol. The van der Waals surface area contributed by atoms with Crippen LogP contribution in [0.5, 0.6) is 0 Å². The summed E-state index contributed by atoms with van der Waals surface area (Å²) in [5, 5.41) is 23.4. The van der Waals surface area contributed by atoms with Crippen LogP contribution in [0.2, 0.25) is 0 Å². The van der Waals surface area contributed by atoms with Crippen molar-refractivity contribution in [2.75, 3.05) is 17.6 Å². The second-order valence-corrected chi connectivity index (χ2v) is 7.31. The van der Waals surface area contributed by atoms with Crippen molar-refractivity contribution >= 4 is 29.6 Å². The number of anilines is 2. The number of hydrogen-bond acceptors (Lipinski definition) is 7. The quantitative estimate of drug-likeness (QED) is 0.365. The fourth-order valence-corrected chi connectivity index (χ4v) is 3.52. The zero-order valence-electron chi connectivity index (χ0n) is 16.6. The van der Waals surface area contributed by atoms with Crippen LogP contribution in [0.25, 0.3) is 0 Å². The molecule has 164 valence electrons. The topological polar surface area (TPSA) is 187 Å². The van der Waals surface area contributed by atoms with Crippen LogP contribution in [0.1, 0.15) is 46.7 Å². The number of carbonyl (C=O) groups excluding carboxylic acids is 1. The van der Waals surface area contributed by atoms with Gasteiger partial charge in [-0.15, -0.1) is 0 Å². The lowest BCUT2D eigenvalue weighted by Crippen LogP contribution is -2.41. The molecule has 0 radical (unpaired) electrons. The van der Waals surface area contributed by atoms with Crippen LogP contribution < -0.4 is 21.9 Å². The van der Waals surface area contributed by atoms with E-state index >= 15 is 0 Å². The molecule has 3 rings (SSSR count). The summed E-state index contributed by atoms with van der Waals surface area (Å²) in [6.07, 6.45) is 0.605. The number of amides is 1. The summed E-state index contributed by atoms with van der Waals surface area (Å²) in [6.45, 7) is 0.597. The normalized spacial score (nSPS) is 16.3. The van der Waals surface area contributed by atoms with E-state index in [2.05, 4.69) is 20.6 Å². The van der Waals surface area contributed by atoms with Crippen LogP contribution >= 0.6 is 0 Å². The minimum absolute atomic E-state index is 0.0136. The number of carbonyl (C=O) groups is 3. The first-order valence-electron chi connectivity index (χ1n) is 9.72. The lowest BCUT2D eigenvalue weighted by Gasteiger charge is -2.16. The number of benzene rings is 1. The number of aromatic amines is 1. The molecule has 0 spiro atoms. The highest BCUT2D eigenvalue weighted by atomic mass is 16.4. The summed E-state index contributed by atoms with van der Waals surface area (Å²) in [5.74, 6) is -2.50. The number of nitrogens with one attached hydrogen (secondary N) is 3. The fourth-order valence-electron chi connectivity index (χ4n) is 3.52. The van der Waals surface area contributed by atoms with Gasteiger partial charge in [0.1, 0.15) is 11.9 Å². The van der Waals surface area contributed by atoms with Crippen molar-refractivity contribution in [1.82, 2.24) is 15.3 Å². The van der Waals surface area contributed by atoms with Gasteiger partial charge < -0.3 is 26.6 Å². The summed E-state index contributed by atoms with van der Waals surface area (Å²) in [7, 11) is 0. The van der Waals surface area contributed by atoms with Gasteiger partial charge in [-0.2, -0.15) is 4.98 Å². The van der Waals surface area contributed by atoms with E-state index in [9.17, 15) is 24.3 Å². The number of nitrogen functional groups attached to an aromatic ring is 1. The number of nitrogens with zero attached hydrogens (tertiary/aromatic N) is 1. The molecule has 0 saturated heterocycles. The molecule has 1 unspecified atom stereocenters. The molecule has 0 saturated carbocycles. The molecule has 1 aliphatic heterocycles. The monoisotopic (exact) mass is 429 g/mol. The van der Waals surface area contributed by atoms with Gasteiger partial charge in [-0.3, -0.25) is 19.4 Å². The van der Waals surface area contributed by atoms with E-state index in [1.807, 2.05) is 0 Å². The Kier molecular flexibility index (Phi) is 6.53. The van der Waals surface area contributed by atoms with Crippen molar-refractivity contribution in [2.24, 2.45) is 0 Å². The second kappa shape index (κ2) is 9.28. The zero-order chi connectivity index (χ0) is 22.5. The molecule has 2 atom stereocenters. The van der Waals surface area contributed by atoms with Crippen molar-refractivity contribution in [3.8, 4) is 0 Å². The van der Waals surface area contributed by atoms with Crippen LogP contribution in [-0.2, 0) is 16.0 Å². The highest BCUT2D eigenvalue weighted by Crippen LogP contribution is 2.28. The molecule has 7 N–H and O–H groups in total. The number of aromatic nitrogens is 2. The van der Waals surface area contributed by atoms with Gasteiger partial charge in [0.05, 0.1) is 5.56 Å². The maximum atomic E-state index is 12.4. The van der Waals surface area contributed by atoms with E-state index in [-0.39, 0.29) is 35.8 Å². The molecule has 1 aromatic carbocycles. The van der Waals surface area contributed by atoms with Crippen molar-refractivity contribution < 1.29 is 24.6 Å². The van der Waals surface area contributed by atoms with Gasteiger partial charge >= 0.3 is 11.9 Å². The van der Waals surface area contributed by atoms with Gasteiger partial charge in [-0.25, -0.2) is 4.79 Å². The van der Waals surface area contributed by atoms with Crippen molar-refractivity contribution in [2.45, 2.75) is 37.6 Å². The minimum Gasteiger partial charge on any atom is -0.481 e. The molecule has 0 bridgehead atoms. The predicted octanol–water partition coefficient (Wildman–Crippen LogP) is 0.542. The van der Waals surface area contributed by atoms with Gasteiger partial charge in [0.25, 0.3) is 11.5 Å². The second-order valence-electron chi connectivity index (χ2n) is 7.31. The summed E-state index contributed by atoms with van der Waals surface area (Å²) in [6, 6.07) is 5.38. The summed E-state index contributed by atoms with van der Waals surface area (Å²) in [4.78, 5) is 53.2. The van der Waals surface area contributed by atoms with E-state index in [1.54, 1.807) is 24.3 Å². The Morgan fingerprint density at radius 2 is 1.94 bits per heavy atom. The number of H-pyrrole nitrogens is 1. The molecule has 1 aliphatic rings. The number of carboxylic acid groups (broad SMARTS) is 2. The minimum atomic E-state index is -1.30. The standard InChI is InChI=1S/C20H23N5O6/c21-20-24-16-13(18(29)25-20)9-12(7-8-22-16)10-1-3-11(4-2-10)17(28)23-14(19(30)31)5-6-15(26)27/h1-4,12,14H,5-9H2,(H,23,28)(H,26,27)(H,30,31)(H4,21,22,24,25,29)/t12?,14-/m1/s1. The molecule has 2 aromatic rings. The smallest absolute Gasteiger partial charge is 0.326 e. The van der Waals surface area contributed by atoms with Crippen LogP contribution in [0.3, 0.4) is 0 Å².